The van der Waals surface area contributed by atoms with Gasteiger partial charge in [0.1, 0.15) is 5.82 Å². The summed E-state index contributed by atoms with van der Waals surface area (Å²) in [5, 5.41) is 7.19. The largest absolute Gasteiger partial charge is 0.337 e. The van der Waals surface area contributed by atoms with E-state index < -0.39 is 0 Å². The molecule has 6 heteroatoms. The summed E-state index contributed by atoms with van der Waals surface area (Å²) in [6.45, 7) is 5.16. The lowest BCUT2D eigenvalue weighted by molar-refractivity contribution is -0.114. The monoisotopic (exact) mass is 326 g/mol. The van der Waals surface area contributed by atoms with Crippen LogP contribution in [0, 0.1) is 5.92 Å². The number of aromatic nitrogens is 2. The number of hydrogen-bond donors (Lipinski definition) is 1. The average Bonchev–Trinajstić information content (AvgIpc) is 2.99. The molecule has 1 aliphatic rings. The summed E-state index contributed by atoms with van der Waals surface area (Å²) in [6, 6.07) is 11.1. The van der Waals surface area contributed by atoms with Crippen LogP contribution < -0.4 is 5.32 Å². The van der Waals surface area contributed by atoms with Crippen LogP contribution >= 0.6 is 0 Å². The van der Waals surface area contributed by atoms with Crippen molar-refractivity contribution in [3.63, 3.8) is 0 Å². The van der Waals surface area contributed by atoms with Crippen LogP contribution in [0.3, 0.4) is 0 Å². The van der Waals surface area contributed by atoms with E-state index in [-0.39, 0.29) is 11.8 Å². The van der Waals surface area contributed by atoms with Crippen molar-refractivity contribution in [2.24, 2.45) is 5.92 Å². The van der Waals surface area contributed by atoms with Crippen LogP contribution in [0.15, 0.2) is 36.4 Å². The van der Waals surface area contributed by atoms with Gasteiger partial charge in [-0.3, -0.25) is 9.59 Å². The summed E-state index contributed by atoms with van der Waals surface area (Å²) in [7, 11) is 0. The maximum atomic E-state index is 12.7. The number of nitrogens with one attached hydrogen (secondary N) is 1. The Morgan fingerprint density at radius 1 is 1.17 bits per heavy atom. The van der Waals surface area contributed by atoms with Gasteiger partial charge in [-0.25, -0.2) is 4.68 Å². The molecule has 1 fully saturated rings. The van der Waals surface area contributed by atoms with Gasteiger partial charge >= 0.3 is 0 Å². The van der Waals surface area contributed by atoms with E-state index >= 15 is 0 Å². The standard InChI is InChI=1S/C18H22N4O2/c1-13-8-10-21(11-9-13)18(24)16-12-17(19-14(2)23)22(20-16)15-6-4-3-5-7-15/h3-7,12-13H,8-11H2,1-2H3,(H,19,23). The van der Waals surface area contributed by atoms with E-state index in [0.29, 0.717) is 17.4 Å². The van der Waals surface area contributed by atoms with Crippen LogP contribution in [0.4, 0.5) is 5.82 Å². The zero-order chi connectivity index (χ0) is 17.1. The second-order valence-electron chi connectivity index (χ2n) is 6.32. The number of benzene rings is 1. The van der Waals surface area contributed by atoms with Crippen molar-refractivity contribution in [2.45, 2.75) is 26.7 Å². The number of piperidine rings is 1. The highest BCUT2D eigenvalue weighted by Gasteiger charge is 2.24. The molecule has 0 bridgehead atoms. The van der Waals surface area contributed by atoms with Gasteiger partial charge in [-0.05, 0) is 30.9 Å². The zero-order valence-corrected chi connectivity index (χ0v) is 14.0. The molecule has 1 aliphatic heterocycles. The Bertz CT molecular complexity index is 731. The fourth-order valence-corrected chi connectivity index (χ4v) is 2.89. The first-order valence-electron chi connectivity index (χ1n) is 8.27. The van der Waals surface area contributed by atoms with Crippen LogP contribution in [-0.2, 0) is 4.79 Å². The first-order chi connectivity index (χ1) is 11.5. The third-order valence-corrected chi connectivity index (χ3v) is 4.30. The number of hydrogen-bond acceptors (Lipinski definition) is 3. The lowest BCUT2D eigenvalue weighted by atomic mass is 9.99. The van der Waals surface area contributed by atoms with Gasteiger partial charge in [0.15, 0.2) is 5.69 Å². The second kappa shape index (κ2) is 6.86. The van der Waals surface area contributed by atoms with Gasteiger partial charge in [0.05, 0.1) is 5.69 Å². The van der Waals surface area contributed by atoms with Crippen molar-refractivity contribution < 1.29 is 9.59 Å². The normalized spacial score (nSPS) is 15.3. The molecule has 126 valence electrons. The average molecular weight is 326 g/mol. The van der Waals surface area contributed by atoms with E-state index in [1.807, 2.05) is 35.2 Å². The SMILES string of the molecule is CC(=O)Nc1cc(C(=O)N2CCC(C)CC2)nn1-c1ccccc1. The molecule has 0 spiro atoms. The Balaban J connectivity index is 1.90. The van der Waals surface area contributed by atoms with Gasteiger partial charge in [0.25, 0.3) is 5.91 Å². The Morgan fingerprint density at radius 3 is 2.46 bits per heavy atom. The summed E-state index contributed by atoms with van der Waals surface area (Å²) >= 11 is 0. The highest BCUT2D eigenvalue weighted by atomic mass is 16.2. The lowest BCUT2D eigenvalue weighted by Crippen LogP contribution is -2.38. The van der Waals surface area contributed by atoms with Crippen molar-refractivity contribution in [1.82, 2.24) is 14.7 Å². The van der Waals surface area contributed by atoms with Crippen molar-refractivity contribution in [3.05, 3.63) is 42.1 Å². The van der Waals surface area contributed by atoms with E-state index in [2.05, 4.69) is 17.3 Å². The van der Waals surface area contributed by atoms with E-state index in [1.165, 1.54) is 6.92 Å². The molecule has 0 atom stereocenters. The van der Waals surface area contributed by atoms with Crippen LogP contribution in [0.25, 0.3) is 5.69 Å². The van der Waals surface area contributed by atoms with Crippen LogP contribution in [-0.4, -0.2) is 39.6 Å². The quantitative estimate of drug-likeness (QED) is 0.943. The number of nitrogens with zero attached hydrogens (tertiary/aromatic N) is 3. The highest BCUT2D eigenvalue weighted by molar-refractivity contribution is 5.95. The molecule has 0 saturated carbocycles. The van der Waals surface area contributed by atoms with Crippen LogP contribution in [0.5, 0.6) is 0 Å². The van der Waals surface area contributed by atoms with Crippen LogP contribution in [0.1, 0.15) is 37.2 Å². The molecule has 2 aromatic rings. The summed E-state index contributed by atoms with van der Waals surface area (Å²) in [5.41, 5.74) is 1.16. The third-order valence-electron chi connectivity index (χ3n) is 4.30. The smallest absolute Gasteiger partial charge is 0.274 e. The number of para-hydroxylation sites is 1. The number of carbonyl (C=O) groups excluding carboxylic acids is 2. The maximum absolute atomic E-state index is 12.7. The van der Waals surface area contributed by atoms with E-state index in [9.17, 15) is 9.59 Å². The zero-order valence-electron chi connectivity index (χ0n) is 14.0. The van der Waals surface area contributed by atoms with E-state index in [1.54, 1.807) is 10.7 Å². The number of likely N-dealkylation sites (tertiary alicyclic amines) is 1. The topological polar surface area (TPSA) is 67.2 Å². The van der Waals surface area contributed by atoms with E-state index in [0.717, 1.165) is 31.6 Å². The Kier molecular flexibility index (Phi) is 4.64. The number of amides is 2. The fraction of sp³-hybridized carbons (Fsp3) is 0.389. The van der Waals surface area contributed by atoms with Crippen molar-refractivity contribution >= 4 is 17.6 Å². The Morgan fingerprint density at radius 2 is 1.83 bits per heavy atom. The maximum Gasteiger partial charge on any atom is 0.274 e. The number of rotatable bonds is 3. The second-order valence-corrected chi connectivity index (χ2v) is 6.32. The molecule has 1 saturated heterocycles. The summed E-state index contributed by atoms with van der Waals surface area (Å²) in [5.74, 6) is 0.884. The molecule has 2 heterocycles. The van der Waals surface area contributed by atoms with Gasteiger partial charge < -0.3 is 10.2 Å². The Labute approximate surface area is 141 Å². The molecule has 6 nitrogen and oxygen atoms in total. The minimum absolute atomic E-state index is 0.0804. The molecule has 0 unspecified atom stereocenters. The molecule has 0 radical (unpaired) electrons. The number of anilines is 1. The van der Waals surface area contributed by atoms with Crippen molar-refractivity contribution in [1.29, 1.82) is 0 Å². The van der Waals surface area contributed by atoms with Gasteiger partial charge in [0, 0.05) is 26.1 Å². The molecule has 3 rings (SSSR count). The lowest BCUT2D eigenvalue weighted by Gasteiger charge is -2.29. The summed E-state index contributed by atoms with van der Waals surface area (Å²) in [6.07, 6.45) is 2.04. The van der Waals surface area contributed by atoms with Gasteiger partial charge in [-0.2, -0.15) is 5.10 Å². The molecule has 2 amide bonds. The van der Waals surface area contributed by atoms with Gasteiger partial charge in [-0.1, -0.05) is 25.1 Å². The predicted molar refractivity (Wildman–Crippen MR) is 92.2 cm³/mol. The minimum atomic E-state index is -0.196. The van der Waals surface area contributed by atoms with E-state index in [4.69, 9.17) is 0 Å². The van der Waals surface area contributed by atoms with Crippen molar-refractivity contribution in [3.8, 4) is 5.69 Å². The van der Waals surface area contributed by atoms with Crippen LogP contribution in [0.2, 0.25) is 0 Å². The molecule has 1 aromatic heterocycles. The minimum Gasteiger partial charge on any atom is -0.337 e. The molecule has 1 N–H and O–H groups in total. The molecular weight excluding hydrogens is 304 g/mol. The molecule has 0 aliphatic carbocycles. The molecule has 24 heavy (non-hydrogen) atoms. The molecule has 1 aromatic carbocycles. The first-order valence-corrected chi connectivity index (χ1v) is 8.27. The van der Waals surface area contributed by atoms with Gasteiger partial charge in [-0.15, -0.1) is 0 Å². The van der Waals surface area contributed by atoms with Crippen molar-refractivity contribution in [2.75, 3.05) is 18.4 Å². The highest BCUT2D eigenvalue weighted by Crippen LogP contribution is 2.21. The predicted octanol–water partition coefficient (Wildman–Crippen LogP) is 2.70. The summed E-state index contributed by atoms with van der Waals surface area (Å²) < 4.78 is 1.60. The third kappa shape index (κ3) is 3.48. The fourth-order valence-electron chi connectivity index (χ4n) is 2.89. The number of carbonyl (C=O) groups is 2. The summed E-state index contributed by atoms with van der Waals surface area (Å²) in [4.78, 5) is 26.0. The Hall–Kier alpha value is -2.63. The van der Waals surface area contributed by atoms with Gasteiger partial charge in [0.2, 0.25) is 5.91 Å². The first kappa shape index (κ1) is 16.2. The molecular formula is C18H22N4O2.